The molecule has 3 aromatic rings. The van der Waals surface area contributed by atoms with Gasteiger partial charge in [0.1, 0.15) is 6.54 Å². The van der Waals surface area contributed by atoms with E-state index < -0.39 is 10.2 Å². The highest BCUT2D eigenvalue weighted by Gasteiger charge is 2.27. The summed E-state index contributed by atoms with van der Waals surface area (Å²) in [6.45, 7) is 5.56. The third-order valence-electron chi connectivity index (χ3n) is 6.53. The Labute approximate surface area is 226 Å². The molecule has 2 aliphatic carbocycles. The fourth-order valence-electron chi connectivity index (χ4n) is 4.87. The van der Waals surface area contributed by atoms with Gasteiger partial charge >= 0.3 is 0 Å². The Bertz CT molecular complexity index is 1440. The molecule has 0 atom stereocenters. The Kier molecular flexibility index (Phi) is 8.89. The fraction of sp³-hybridized carbons (Fsp3) is 0.156. The zero-order valence-electron chi connectivity index (χ0n) is 21.5. The monoisotopic (exact) mass is 527 g/mol. The number of halogens is 1. The van der Waals surface area contributed by atoms with Crippen LogP contribution in [0.15, 0.2) is 109 Å². The predicted octanol–water partition coefficient (Wildman–Crippen LogP) is 3.43. The van der Waals surface area contributed by atoms with Gasteiger partial charge in [0.15, 0.2) is 0 Å². The van der Waals surface area contributed by atoms with E-state index >= 15 is 0 Å². The van der Waals surface area contributed by atoms with Crippen molar-refractivity contribution in [1.82, 2.24) is 0 Å². The smallest absolute Gasteiger partial charge is 0.216 e. The average Bonchev–Trinajstić information content (AvgIpc) is 3.14. The molecule has 0 N–H and O–H groups in total. The standard InChI is InChI=1S/C32H30N.ClHO4/c1-3-4-22-33-31(26-15-9-5-10-16-26)23-30(24(2)32(33)27-17-11-6-12-18-27)29-21-20-25-14-8-7-13-19-28(25)29;2-1(3,4)5/h5-21,23H,3-4,22H2,1-2H3;(H,2,3,4,5)/q+1;/p-1. The first kappa shape index (κ1) is 27.5. The first-order valence-electron chi connectivity index (χ1n) is 12.6. The Hall–Kier alpha value is -3.58. The van der Waals surface area contributed by atoms with Crippen LogP contribution in [0.5, 0.6) is 0 Å². The summed E-state index contributed by atoms with van der Waals surface area (Å²) < 4.78 is 36.5. The van der Waals surface area contributed by atoms with Crippen LogP contribution in [0, 0.1) is 17.2 Å². The van der Waals surface area contributed by atoms with Crippen molar-refractivity contribution >= 4 is 0 Å². The molecule has 1 heterocycles. The molecule has 0 aliphatic heterocycles. The molecule has 2 aliphatic rings. The highest BCUT2D eigenvalue weighted by Crippen LogP contribution is 2.40. The van der Waals surface area contributed by atoms with Crippen molar-refractivity contribution in [3.05, 3.63) is 115 Å². The van der Waals surface area contributed by atoms with Crippen molar-refractivity contribution in [2.24, 2.45) is 0 Å². The van der Waals surface area contributed by atoms with Gasteiger partial charge in [0.2, 0.25) is 11.4 Å². The van der Waals surface area contributed by atoms with Crippen LogP contribution in [0.3, 0.4) is 0 Å². The summed E-state index contributed by atoms with van der Waals surface area (Å²) in [7, 11) is -4.94. The number of fused-ring (bicyclic) bond motifs is 1. The summed E-state index contributed by atoms with van der Waals surface area (Å²) in [5.74, 6) is 0. The number of benzene rings is 2. The van der Waals surface area contributed by atoms with Crippen LogP contribution in [-0.4, -0.2) is 0 Å². The second kappa shape index (κ2) is 12.3. The van der Waals surface area contributed by atoms with Crippen LogP contribution in [0.25, 0.3) is 44.8 Å². The van der Waals surface area contributed by atoms with Crippen molar-refractivity contribution in [2.75, 3.05) is 0 Å². The van der Waals surface area contributed by atoms with E-state index in [9.17, 15) is 0 Å². The van der Waals surface area contributed by atoms with E-state index in [4.69, 9.17) is 18.6 Å². The molecule has 0 saturated heterocycles. The molecular weight excluding hydrogens is 498 g/mol. The Morgan fingerprint density at radius 1 is 0.605 bits per heavy atom. The van der Waals surface area contributed by atoms with Crippen LogP contribution >= 0.6 is 0 Å². The highest BCUT2D eigenvalue weighted by atomic mass is 35.7. The first-order chi connectivity index (χ1) is 18.3. The first-order valence-corrected chi connectivity index (χ1v) is 13.8. The van der Waals surface area contributed by atoms with E-state index in [-0.39, 0.29) is 0 Å². The lowest BCUT2D eigenvalue weighted by Gasteiger charge is -2.17. The normalized spacial score (nSPS) is 11.2. The maximum absolute atomic E-state index is 8.49. The molecular formula is C32H30ClNO4. The van der Waals surface area contributed by atoms with Gasteiger partial charge in [0.05, 0.1) is 0 Å². The van der Waals surface area contributed by atoms with E-state index in [0.29, 0.717) is 0 Å². The molecule has 0 unspecified atom stereocenters. The van der Waals surface area contributed by atoms with Crippen LogP contribution in [-0.2, 0) is 6.54 Å². The van der Waals surface area contributed by atoms with Crippen LogP contribution in [0.1, 0.15) is 25.3 Å². The molecule has 0 amide bonds. The zero-order chi connectivity index (χ0) is 27.1. The Balaban J connectivity index is 0.000000617. The topological polar surface area (TPSA) is 96.1 Å². The molecule has 2 aromatic carbocycles. The highest BCUT2D eigenvalue weighted by molar-refractivity contribution is 5.90. The Morgan fingerprint density at radius 2 is 1.13 bits per heavy atom. The van der Waals surface area contributed by atoms with Gasteiger partial charge in [0, 0.05) is 29.2 Å². The molecule has 0 fully saturated rings. The molecule has 5 nitrogen and oxygen atoms in total. The van der Waals surface area contributed by atoms with Gasteiger partial charge in [-0.2, -0.15) is 4.57 Å². The fourth-order valence-corrected chi connectivity index (χ4v) is 4.87. The van der Waals surface area contributed by atoms with Crippen molar-refractivity contribution in [1.29, 1.82) is 0 Å². The predicted molar refractivity (Wildman–Crippen MR) is 139 cm³/mol. The minimum Gasteiger partial charge on any atom is -0.222 e. The second-order valence-electron chi connectivity index (χ2n) is 9.06. The molecule has 5 rings (SSSR count). The second-order valence-corrected chi connectivity index (χ2v) is 9.81. The van der Waals surface area contributed by atoms with Crippen molar-refractivity contribution < 1.29 is 33.4 Å². The number of hydrogen-bond acceptors (Lipinski definition) is 4. The number of rotatable bonds is 6. The van der Waals surface area contributed by atoms with Crippen LogP contribution in [0.4, 0.5) is 0 Å². The van der Waals surface area contributed by atoms with Crippen LogP contribution < -0.4 is 23.2 Å². The summed E-state index contributed by atoms with van der Waals surface area (Å²) in [6.07, 6.45) is 2.32. The molecule has 38 heavy (non-hydrogen) atoms. The van der Waals surface area contributed by atoms with Gasteiger partial charge in [-0.3, -0.25) is 0 Å². The molecule has 0 bridgehead atoms. The summed E-state index contributed by atoms with van der Waals surface area (Å²) in [5, 5.41) is 0. The number of pyridine rings is 1. The van der Waals surface area contributed by atoms with Gasteiger partial charge in [-0.05, 0) is 53.4 Å². The largest absolute Gasteiger partial charge is 0.222 e. The summed E-state index contributed by atoms with van der Waals surface area (Å²) in [4.78, 5) is 0. The number of nitrogens with zero attached hydrogens (tertiary/aromatic N) is 1. The maximum atomic E-state index is 8.49. The van der Waals surface area contributed by atoms with Gasteiger partial charge in [0.25, 0.3) is 0 Å². The summed E-state index contributed by atoms with van der Waals surface area (Å²) >= 11 is 0. The van der Waals surface area contributed by atoms with Gasteiger partial charge in [-0.1, -0.05) is 92.2 Å². The van der Waals surface area contributed by atoms with Crippen molar-refractivity contribution in [2.45, 2.75) is 33.2 Å². The lowest BCUT2D eigenvalue weighted by atomic mass is 9.92. The molecule has 1 aromatic heterocycles. The van der Waals surface area contributed by atoms with Crippen molar-refractivity contribution in [3.8, 4) is 44.8 Å². The minimum absolute atomic E-state index is 1.00. The molecule has 194 valence electrons. The SMILES string of the molecule is CCCC[n+]1c(-c2ccccc2)cc(-c2ccc3cccccc2-3)c(C)c1-c1ccccc1.[O-][Cl+3]([O-])([O-])[O-]. The average molecular weight is 528 g/mol. The van der Waals surface area contributed by atoms with E-state index in [0.717, 1.165) is 13.0 Å². The number of aromatic nitrogens is 1. The number of hydrogen-bond donors (Lipinski definition) is 0. The molecule has 0 radical (unpaired) electrons. The third-order valence-corrected chi connectivity index (χ3v) is 6.53. The van der Waals surface area contributed by atoms with E-state index in [1.165, 1.54) is 56.8 Å². The van der Waals surface area contributed by atoms with Gasteiger partial charge in [-0.15, -0.1) is 10.2 Å². The third kappa shape index (κ3) is 6.64. The number of unbranched alkanes of at least 4 members (excludes halogenated alkanes) is 1. The minimum atomic E-state index is -4.94. The van der Waals surface area contributed by atoms with Crippen molar-refractivity contribution in [3.63, 3.8) is 0 Å². The molecule has 0 saturated carbocycles. The van der Waals surface area contributed by atoms with Gasteiger partial charge in [-0.25, -0.2) is 18.6 Å². The summed E-state index contributed by atoms with van der Waals surface area (Å²) in [6, 6.07) is 39.5. The quantitative estimate of drug-likeness (QED) is 0.316. The Morgan fingerprint density at radius 3 is 1.71 bits per heavy atom. The van der Waals surface area contributed by atoms with E-state index in [2.05, 4.69) is 128 Å². The maximum Gasteiger partial charge on any atom is 0.216 e. The van der Waals surface area contributed by atoms with E-state index in [1.54, 1.807) is 0 Å². The lowest BCUT2D eigenvalue weighted by Crippen LogP contribution is -2.68. The molecule has 0 spiro atoms. The van der Waals surface area contributed by atoms with E-state index in [1.807, 2.05) is 0 Å². The van der Waals surface area contributed by atoms with Crippen LogP contribution in [0.2, 0.25) is 0 Å². The molecule has 6 heteroatoms. The summed E-state index contributed by atoms with van der Waals surface area (Å²) in [5.41, 5.74) is 11.6. The van der Waals surface area contributed by atoms with Gasteiger partial charge < -0.3 is 0 Å². The zero-order valence-corrected chi connectivity index (χ0v) is 22.2. The lowest BCUT2D eigenvalue weighted by molar-refractivity contribution is -2.00.